The van der Waals surface area contributed by atoms with Gasteiger partial charge in [-0.1, -0.05) is 92.3 Å². The Labute approximate surface area is 207 Å². The Morgan fingerprint density at radius 1 is 1.06 bits per heavy atom. The maximum Gasteiger partial charge on any atom is 0.362 e. The summed E-state index contributed by atoms with van der Waals surface area (Å²) in [7, 11) is 3.81. The number of carbonyl (C=O) groups excluding carboxylic acids is 1. The van der Waals surface area contributed by atoms with Gasteiger partial charge in [0.15, 0.2) is 13.1 Å². The van der Waals surface area contributed by atoms with Crippen LogP contribution >= 0.6 is 0 Å². The second-order valence-electron chi connectivity index (χ2n) is 10.3. The maximum absolute atomic E-state index is 14.4. The van der Waals surface area contributed by atoms with Crippen molar-refractivity contribution in [2.24, 2.45) is 5.92 Å². The van der Waals surface area contributed by atoms with E-state index in [4.69, 9.17) is 9.15 Å². The Bertz CT molecular complexity index is 1100. The van der Waals surface area contributed by atoms with E-state index in [0.29, 0.717) is 18.0 Å². The van der Waals surface area contributed by atoms with Crippen LogP contribution in [0.25, 0.3) is 0 Å². The van der Waals surface area contributed by atoms with Crippen LogP contribution in [0.1, 0.15) is 60.6 Å². The smallest absolute Gasteiger partial charge is 0.362 e. The van der Waals surface area contributed by atoms with Gasteiger partial charge in [-0.25, -0.2) is 4.79 Å². The van der Waals surface area contributed by atoms with Crippen molar-refractivity contribution in [3.8, 4) is 0 Å². The molecule has 1 atom stereocenters. The highest BCUT2D eigenvalue weighted by atomic mass is 16.5. The number of carbonyl (C=O) groups is 1. The van der Waals surface area contributed by atoms with Crippen LogP contribution in [0.15, 0.2) is 59.0 Å². The highest BCUT2D eigenvalue weighted by Crippen LogP contribution is 2.41. The summed E-state index contributed by atoms with van der Waals surface area (Å²) in [5.41, 5.74) is 1.20. The van der Waals surface area contributed by atoms with Crippen molar-refractivity contribution in [2.75, 3.05) is 20.6 Å². The molecule has 4 rings (SSSR count). The maximum atomic E-state index is 14.4. The fraction of sp³-hybridized carbons (Fsp3) is 0.464. The average Bonchev–Trinajstić information content (AvgIpc) is 3.32. The minimum absolute atomic E-state index is 0.0915. The van der Waals surface area contributed by atoms with E-state index in [1.54, 1.807) is 0 Å². The second kappa shape index (κ2) is 10.7. The first-order valence-corrected chi connectivity index (χ1v) is 12.4. The topological polar surface area (TPSA) is 88.3 Å². The normalized spacial score (nSPS) is 16.6. The number of rotatable bonds is 9. The predicted octanol–water partition coefficient (Wildman–Crippen LogP) is 3.88. The van der Waals surface area contributed by atoms with Crippen LogP contribution in [0.2, 0.25) is 0 Å². The SMILES string of the molecule is Cc1ccc(COC(=O)C[N+](C)(C)Cc2nnc([C@]([O-])(c3ccccc3)C3CCCCC3)o2)cc1. The van der Waals surface area contributed by atoms with Crippen LogP contribution in [0.5, 0.6) is 0 Å². The van der Waals surface area contributed by atoms with Gasteiger partial charge in [0, 0.05) is 0 Å². The van der Waals surface area contributed by atoms with Crippen LogP contribution in [0.4, 0.5) is 0 Å². The minimum Gasteiger partial charge on any atom is -0.839 e. The molecule has 0 radical (unpaired) electrons. The van der Waals surface area contributed by atoms with Gasteiger partial charge < -0.3 is 18.7 Å². The van der Waals surface area contributed by atoms with Gasteiger partial charge in [-0.15, -0.1) is 10.2 Å². The average molecular weight is 478 g/mol. The van der Waals surface area contributed by atoms with Crippen LogP contribution in [0.3, 0.4) is 0 Å². The third-order valence-electron chi connectivity index (χ3n) is 6.81. The Balaban J connectivity index is 1.44. The lowest BCUT2D eigenvalue weighted by molar-refractivity contribution is -0.897. The Morgan fingerprint density at radius 2 is 1.74 bits per heavy atom. The number of hydrogen-bond acceptors (Lipinski definition) is 6. The summed E-state index contributed by atoms with van der Waals surface area (Å²) in [5, 5.41) is 22.8. The summed E-state index contributed by atoms with van der Waals surface area (Å²) in [4.78, 5) is 12.5. The van der Waals surface area contributed by atoms with Gasteiger partial charge in [0.2, 0.25) is 5.89 Å². The third-order valence-corrected chi connectivity index (χ3v) is 6.81. The van der Waals surface area contributed by atoms with E-state index in [1.807, 2.05) is 75.6 Å². The molecule has 1 heterocycles. The Hall–Kier alpha value is -3.03. The molecule has 186 valence electrons. The monoisotopic (exact) mass is 477 g/mol. The highest BCUT2D eigenvalue weighted by Gasteiger charge is 2.37. The lowest BCUT2D eigenvalue weighted by atomic mass is 9.73. The minimum atomic E-state index is -1.57. The van der Waals surface area contributed by atoms with Gasteiger partial charge in [-0.3, -0.25) is 0 Å². The molecule has 2 aromatic carbocycles. The molecule has 3 aromatic rings. The van der Waals surface area contributed by atoms with E-state index in [-0.39, 0.29) is 35.4 Å². The van der Waals surface area contributed by atoms with Crippen LogP contribution in [-0.4, -0.2) is 41.3 Å². The van der Waals surface area contributed by atoms with Gasteiger partial charge in [-0.05, 0) is 29.6 Å². The number of hydrogen-bond donors (Lipinski definition) is 0. The molecular formula is C28H35N3O4. The van der Waals surface area contributed by atoms with E-state index in [2.05, 4.69) is 10.2 Å². The van der Waals surface area contributed by atoms with Gasteiger partial charge in [0.1, 0.15) is 6.61 Å². The Kier molecular flexibility index (Phi) is 7.67. The van der Waals surface area contributed by atoms with Crippen molar-refractivity contribution in [3.63, 3.8) is 0 Å². The number of benzene rings is 2. The highest BCUT2D eigenvalue weighted by molar-refractivity contribution is 5.70. The van der Waals surface area contributed by atoms with E-state index >= 15 is 0 Å². The summed E-state index contributed by atoms with van der Waals surface area (Å²) < 4.78 is 11.8. The molecule has 1 fully saturated rings. The van der Waals surface area contributed by atoms with E-state index in [0.717, 1.165) is 43.2 Å². The zero-order valence-corrected chi connectivity index (χ0v) is 20.9. The number of aryl methyl sites for hydroxylation is 1. The lowest BCUT2D eigenvalue weighted by Crippen LogP contribution is -2.49. The Morgan fingerprint density at radius 3 is 2.43 bits per heavy atom. The van der Waals surface area contributed by atoms with Gasteiger partial charge >= 0.3 is 5.97 Å². The van der Waals surface area contributed by atoms with E-state index in [1.165, 1.54) is 0 Å². The molecule has 0 bridgehead atoms. The molecule has 1 aliphatic carbocycles. The largest absolute Gasteiger partial charge is 0.839 e. The van der Waals surface area contributed by atoms with Crippen molar-refractivity contribution in [1.82, 2.24) is 10.2 Å². The van der Waals surface area contributed by atoms with Gasteiger partial charge in [0.25, 0.3) is 5.89 Å². The fourth-order valence-electron chi connectivity index (χ4n) is 4.86. The van der Waals surface area contributed by atoms with Crippen molar-refractivity contribution in [1.29, 1.82) is 0 Å². The molecule has 0 unspecified atom stereocenters. The first kappa shape index (κ1) is 25.1. The van der Waals surface area contributed by atoms with Gasteiger partial charge in [0.05, 0.1) is 14.1 Å². The van der Waals surface area contributed by atoms with Crippen LogP contribution in [0, 0.1) is 12.8 Å². The molecule has 35 heavy (non-hydrogen) atoms. The number of nitrogens with zero attached hydrogens (tertiary/aromatic N) is 3. The van der Waals surface area contributed by atoms with E-state index in [9.17, 15) is 9.90 Å². The molecule has 0 N–H and O–H groups in total. The first-order chi connectivity index (χ1) is 16.8. The summed E-state index contributed by atoms with van der Waals surface area (Å²) in [6.07, 6.45) is 4.94. The quantitative estimate of drug-likeness (QED) is 0.343. The molecule has 0 spiro atoms. The zero-order valence-electron chi connectivity index (χ0n) is 20.9. The molecule has 7 heteroatoms. The zero-order chi connectivity index (χ0) is 24.9. The molecule has 0 saturated heterocycles. The van der Waals surface area contributed by atoms with Crippen molar-refractivity contribution in [3.05, 3.63) is 83.1 Å². The first-order valence-electron chi connectivity index (χ1n) is 12.4. The molecule has 1 aromatic heterocycles. The standard InChI is InChI=1S/C28H35N3O4/c1-21-14-16-22(17-15-21)20-34-26(32)19-31(2,3)18-25-29-30-27(35-25)28(33,23-10-6-4-7-11-23)24-12-8-5-9-13-24/h4,6-7,10-11,14-17,24H,5,8-9,12-13,18-20H2,1-3H3/t28-/m0/s1. The van der Waals surface area contributed by atoms with E-state index < -0.39 is 5.60 Å². The molecule has 0 amide bonds. The predicted molar refractivity (Wildman–Crippen MR) is 130 cm³/mol. The van der Waals surface area contributed by atoms with Crippen LogP contribution < -0.4 is 5.11 Å². The molecule has 7 nitrogen and oxygen atoms in total. The molecule has 0 aliphatic heterocycles. The number of quaternary nitrogens is 1. The van der Waals surface area contributed by atoms with Crippen molar-refractivity contribution < 1.29 is 23.5 Å². The number of aromatic nitrogens is 2. The summed E-state index contributed by atoms with van der Waals surface area (Å²) >= 11 is 0. The van der Waals surface area contributed by atoms with Crippen LogP contribution in [-0.2, 0) is 28.3 Å². The van der Waals surface area contributed by atoms with Crippen molar-refractivity contribution >= 4 is 5.97 Å². The number of likely N-dealkylation sites (N-methyl/N-ethyl adjacent to an activating group) is 1. The summed E-state index contributed by atoms with van der Waals surface area (Å²) in [6.45, 7) is 2.72. The number of ether oxygens (including phenoxy) is 1. The molecular weight excluding hydrogens is 442 g/mol. The second-order valence-corrected chi connectivity index (χ2v) is 10.3. The third kappa shape index (κ3) is 6.16. The lowest BCUT2D eigenvalue weighted by Gasteiger charge is -2.46. The summed E-state index contributed by atoms with van der Waals surface area (Å²) in [6, 6.07) is 17.3. The fourth-order valence-corrected chi connectivity index (χ4v) is 4.86. The summed E-state index contributed by atoms with van der Waals surface area (Å²) in [5.74, 6) is 0.0713. The van der Waals surface area contributed by atoms with Gasteiger partial charge in [-0.2, -0.15) is 0 Å². The molecule has 1 saturated carbocycles. The molecule has 1 aliphatic rings. The number of esters is 1. The van der Waals surface area contributed by atoms with Crippen molar-refractivity contribution in [2.45, 2.75) is 57.8 Å².